The average Bonchev–Trinajstić information content (AvgIpc) is 2.26. The quantitative estimate of drug-likeness (QED) is 0.278. The molecule has 0 bridgehead atoms. The van der Waals surface area contributed by atoms with Crippen molar-refractivity contribution in [1.29, 1.82) is 0 Å². The topological polar surface area (TPSA) is 132 Å². The number of hydrogen-bond donors (Lipinski definition) is 1. The molecule has 126 valence electrons. The molecule has 1 N–H and O–H groups in total. The minimum absolute atomic E-state index is 0. The molecule has 8 nitrogen and oxygen atoms in total. The van der Waals surface area contributed by atoms with Crippen LogP contribution >= 0.6 is 0 Å². The SMILES string of the molecule is C.CC(C)(C)[N+]([O-])=Cc1ccccc1S(=O)(=O)O.O=S(=O)=O. The third-order valence-electron chi connectivity index (χ3n) is 2.11. The molecule has 0 aromatic heterocycles. The predicted octanol–water partition coefficient (Wildman–Crippen LogP) is 1.29. The van der Waals surface area contributed by atoms with E-state index in [4.69, 9.17) is 17.2 Å². The van der Waals surface area contributed by atoms with Crippen molar-refractivity contribution < 1.29 is 30.3 Å². The van der Waals surface area contributed by atoms with Gasteiger partial charge in [0.15, 0.2) is 11.8 Å². The van der Waals surface area contributed by atoms with Gasteiger partial charge in [0, 0.05) is 20.8 Å². The minimum atomic E-state index is -4.32. The molecule has 10 heteroatoms. The lowest BCUT2D eigenvalue weighted by Crippen LogP contribution is -2.29. The Morgan fingerprint density at radius 2 is 1.59 bits per heavy atom. The smallest absolute Gasteiger partial charge is 0.425 e. The van der Waals surface area contributed by atoms with E-state index in [1.54, 1.807) is 26.8 Å². The second-order valence-electron chi connectivity index (χ2n) is 4.84. The van der Waals surface area contributed by atoms with Gasteiger partial charge in [-0.3, -0.25) is 4.55 Å². The first-order chi connectivity index (χ1) is 9.35. The summed E-state index contributed by atoms with van der Waals surface area (Å²) in [5.74, 6) is 0. The van der Waals surface area contributed by atoms with Crippen LogP contribution in [0.3, 0.4) is 0 Å². The number of benzene rings is 1. The second-order valence-corrected chi connectivity index (χ2v) is 6.64. The van der Waals surface area contributed by atoms with Gasteiger partial charge in [-0.2, -0.15) is 8.42 Å². The van der Waals surface area contributed by atoms with Crippen LogP contribution in [-0.2, 0) is 20.7 Å². The second kappa shape index (κ2) is 8.61. The Kier molecular flexibility index (Phi) is 8.81. The summed E-state index contributed by atoms with van der Waals surface area (Å²) in [5.41, 5.74) is -0.508. The van der Waals surface area contributed by atoms with Gasteiger partial charge in [-0.1, -0.05) is 19.6 Å². The minimum Gasteiger partial charge on any atom is -0.623 e. The van der Waals surface area contributed by atoms with Crippen molar-refractivity contribution >= 4 is 26.9 Å². The van der Waals surface area contributed by atoms with E-state index in [1.807, 2.05) is 0 Å². The van der Waals surface area contributed by atoms with Crippen molar-refractivity contribution in [2.45, 2.75) is 38.6 Å². The van der Waals surface area contributed by atoms with Gasteiger partial charge < -0.3 is 5.21 Å². The van der Waals surface area contributed by atoms with Crippen molar-refractivity contribution in [3.63, 3.8) is 0 Å². The maximum atomic E-state index is 11.7. The van der Waals surface area contributed by atoms with E-state index in [9.17, 15) is 13.6 Å². The monoisotopic (exact) mass is 353 g/mol. The molecule has 0 aliphatic carbocycles. The zero-order valence-electron chi connectivity index (χ0n) is 11.5. The van der Waals surface area contributed by atoms with Crippen LogP contribution in [0.5, 0.6) is 0 Å². The van der Waals surface area contributed by atoms with Gasteiger partial charge in [-0.05, 0) is 12.1 Å². The molecule has 22 heavy (non-hydrogen) atoms. The Bertz CT molecular complexity index is 722. The summed E-state index contributed by atoms with van der Waals surface area (Å²) in [7, 11) is -7.43. The van der Waals surface area contributed by atoms with Crippen LogP contribution in [-0.4, -0.2) is 42.1 Å². The van der Waals surface area contributed by atoms with Crippen LogP contribution in [0.25, 0.3) is 0 Å². The maximum absolute atomic E-state index is 11.7. The van der Waals surface area contributed by atoms with Gasteiger partial charge in [0.1, 0.15) is 4.90 Å². The number of hydroxylamine groups is 1. The highest BCUT2D eigenvalue weighted by Gasteiger charge is 2.21. The molecular formula is C12H19NO7S2. The normalized spacial score (nSPS) is 11.7. The van der Waals surface area contributed by atoms with E-state index in [2.05, 4.69) is 0 Å². The van der Waals surface area contributed by atoms with Gasteiger partial charge >= 0.3 is 10.6 Å². The molecule has 0 heterocycles. The first kappa shape index (κ1) is 22.5. The summed E-state index contributed by atoms with van der Waals surface area (Å²) in [4.78, 5) is -0.273. The van der Waals surface area contributed by atoms with Gasteiger partial charge in [-0.25, -0.2) is 4.74 Å². The van der Waals surface area contributed by atoms with Crippen LogP contribution in [0.15, 0.2) is 29.2 Å². The van der Waals surface area contributed by atoms with E-state index in [0.717, 1.165) is 6.21 Å². The highest BCUT2D eigenvalue weighted by atomic mass is 32.2. The first-order valence-corrected chi connectivity index (χ1v) is 7.94. The molecule has 0 aliphatic heterocycles. The lowest BCUT2D eigenvalue weighted by Gasteiger charge is -2.18. The summed E-state index contributed by atoms with van der Waals surface area (Å²) >= 11 is 0. The summed E-state index contributed by atoms with van der Waals surface area (Å²) < 4.78 is 57.2. The largest absolute Gasteiger partial charge is 0.623 e. The summed E-state index contributed by atoms with van der Waals surface area (Å²) in [5, 5.41) is 11.7. The molecule has 1 rings (SSSR count). The Morgan fingerprint density at radius 1 is 1.18 bits per heavy atom. The molecule has 1 aromatic carbocycles. The summed E-state index contributed by atoms with van der Waals surface area (Å²) in [6.45, 7) is 5.10. The number of hydrogen-bond acceptors (Lipinski definition) is 6. The molecule has 0 aliphatic rings. The molecule has 0 spiro atoms. The van der Waals surface area contributed by atoms with Gasteiger partial charge in [0.2, 0.25) is 0 Å². The van der Waals surface area contributed by atoms with E-state index in [0.29, 0.717) is 4.74 Å². The molecule has 1 aromatic rings. The van der Waals surface area contributed by atoms with Crippen molar-refractivity contribution in [2.75, 3.05) is 0 Å². The zero-order valence-corrected chi connectivity index (χ0v) is 13.2. The van der Waals surface area contributed by atoms with Gasteiger partial charge in [0.25, 0.3) is 10.1 Å². The van der Waals surface area contributed by atoms with Crippen molar-refractivity contribution in [1.82, 2.24) is 0 Å². The van der Waals surface area contributed by atoms with E-state index >= 15 is 0 Å². The summed E-state index contributed by atoms with van der Waals surface area (Å²) in [6, 6.07) is 5.78. The van der Waals surface area contributed by atoms with E-state index < -0.39 is 26.3 Å². The predicted molar refractivity (Wildman–Crippen MR) is 81.2 cm³/mol. The highest BCUT2D eigenvalue weighted by molar-refractivity contribution is 7.86. The maximum Gasteiger partial charge on any atom is 0.425 e. The molecule has 0 saturated carbocycles. The van der Waals surface area contributed by atoms with Crippen LogP contribution in [0, 0.1) is 5.21 Å². The molecule has 0 unspecified atom stereocenters. The van der Waals surface area contributed by atoms with Crippen molar-refractivity contribution in [3.05, 3.63) is 35.0 Å². The number of nitrogens with zero attached hydrogens (tertiary/aromatic N) is 1. The molecule has 0 saturated heterocycles. The molecule has 0 amide bonds. The standard InChI is InChI=1S/C11H15NO4S.CH4.O3S/c1-11(2,3)12(13)8-9-6-4-5-7-10(9)17(14,15)16;;1-4(2)3/h4-8H,1-3H3,(H,14,15,16);1H4;. The van der Waals surface area contributed by atoms with Gasteiger partial charge in [0.05, 0.1) is 5.56 Å². The Morgan fingerprint density at radius 3 is 1.95 bits per heavy atom. The van der Waals surface area contributed by atoms with Crippen molar-refractivity contribution in [2.24, 2.45) is 0 Å². The third-order valence-corrected chi connectivity index (χ3v) is 3.04. The molecule has 0 atom stereocenters. The fourth-order valence-corrected chi connectivity index (χ4v) is 1.81. The number of rotatable bonds is 2. The molecule has 0 radical (unpaired) electrons. The first-order valence-electron chi connectivity index (χ1n) is 5.50. The van der Waals surface area contributed by atoms with Crippen LogP contribution in [0.2, 0.25) is 0 Å². The van der Waals surface area contributed by atoms with E-state index in [-0.39, 0.29) is 17.9 Å². The highest BCUT2D eigenvalue weighted by Crippen LogP contribution is 2.14. The van der Waals surface area contributed by atoms with Crippen molar-refractivity contribution in [3.8, 4) is 0 Å². The fraction of sp³-hybridized carbons (Fsp3) is 0.417. The molecule has 0 fully saturated rings. The Labute approximate surface area is 131 Å². The van der Waals surface area contributed by atoms with Gasteiger partial charge in [-0.15, -0.1) is 12.6 Å². The van der Waals surface area contributed by atoms with E-state index in [1.165, 1.54) is 18.2 Å². The lowest BCUT2D eigenvalue weighted by molar-refractivity contribution is -0.530. The van der Waals surface area contributed by atoms with Crippen LogP contribution < -0.4 is 0 Å². The average molecular weight is 353 g/mol. The lowest BCUT2D eigenvalue weighted by atomic mass is 10.1. The zero-order chi connectivity index (χ0) is 16.8. The Hall–Kier alpha value is -1.78. The molecular weight excluding hydrogens is 334 g/mol. The Balaban J connectivity index is 0. The van der Waals surface area contributed by atoms with Crippen LogP contribution in [0.1, 0.15) is 33.8 Å². The third kappa shape index (κ3) is 8.49. The fourth-order valence-electron chi connectivity index (χ4n) is 1.14. The summed E-state index contributed by atoms with van der Waals surface area (Å²) in [6.07, 6.45) is 1.16. The van der Waals surface area contributed by atoms with Crippen LogP contribution in [0.4, 0.5) is 0 Å².